The Morgan fingerprint density at radius 2 is 1.85 bits per heavy atom. The molecular formula is C20H24N2O4S. The monoisotopic (exact) mass is 388 g/mol. The van der Waals surface area contributed by atoms with E-state index in [1.165, 1.54) is 12.1 Å². The number of hydrogen-bond acceptors (Lipinski definition) is 4. The molecule has 2 aromatic rings. The van der Waals surface area contributed by atoms with Crippen molar-refractivity contribution in [2.24, 2.45) is 11.1 Å². The summed E-state index contributed by atoms with van der Waals surface area (Å²) < 4.78 is 28.5. The largest absolute Gasteiger partial charge is 0.496 e. The third-order valence-electron chi connectivity index (χ3n) is 5.07. The van der Waals surface area contributed by atoms with Gasteiger partial charge >= 0.3 is 0 Å². The molecular weight excluding hydrogens is 364 g/mol. The lowest BCUT2D eigenvalue weighted by atomic mass is 9.74. The first kappa shape index (κ1) is 19.4. The molecule has 0 aromatic heterocycles. The highest BCUT2D eigenvalue weighted by atomic mass is 32.2. The van der Waals surface area contributed by atoms with E-state index in [2.05, 4.69) is 5.32 Å². The van der Waals surface area contributed by atoms with Crippen molar-refractivity contribution in [1.29, 1.82) is 0 Å². The molecule has 1 amide bonds. The van der Waals surface area contributed by atoms with Gasteiger partial charge in [-0.1, -0.05) is 37.1 Å². The number of rotatable bonds is 5. The van der Waals surface area contributed by atoms with E-state index in [1.807, 2.05) is 24.3 Å². The third-order valence-corrected chi connectivity index (χ3v) is 5.98. The Kier molecular flexibility index (Phi) is 5.82. The standard InChI is InChI=1S/C20H24N2O4S/c1-26-19-12-5-4-10-17(19)16-9-2-3-11-18(16)20(23)22-14-7-6-8-15(13-14)27(21,24)25/h4-8,10,12-13,16,18H,2-3,9,11H2,1H3,(H,22,23)(H2,21,24,25). The average molecular weight is 388 g/mol. The van der Waals surface area contributed by atoms with Crippen LogP contribution in [0.5, 0.6) is 5.75 Å². The van der Waals surface area contributed by atoms with Crippen molar-refractivity contribution in [1.82, 2.24) is 0 Å². The van der Waals surface area contributed by atoms with Gasteiger partial charge in [-0.25, -0.2) is 13.6 Å². The maximum Gasteiger partial charge on any atom is 0.238 e. The molecule has 0 heterocycles. The molecule has 6 nitrogen and oxygen atoms in total. The highest BCUT2D eigenvalue weighted by Gasteiger charge is 2.33. The van der Waals surface area contributed by atoms with E-state index in [9.17, 15) is 13.2 Å². The Morgan fingerprint density at radius 3 is 2.59 bits per heavy atom. The average Bonchev–Trinajstić information content (AvgIpc) is 2.67. The Bertz CT molecular complexity index is 927. The van der Waals surface area contributed by atoms with E-state index in [1.54, 1.807) is 19.2 Å². The lowest BCUT2D eigenvalue weighted by Gasteiger charge is -2.31. The topological polar surface area (TPSA) is 98.5 Å². The lowest BCUT2D eigenvalue weighted by molar-refractivity contribution is -0.121. The predicted octanol–water partition coefficient (Wildman–Crippen LogP) is 3.26. The normalized spacial score (nSPS) is 20.1. The van der Waals surface area contributed by atoms with E-state index in [-0.39, 0.29) is 22.6 Å². The predicted molar refractivity (Wildman–Crippen MR) is 104 cm³/mol. The summed E-state index contributed by atoms with van der Waals surface area (Å²) in [5.41, 5.74) is 1.47. The van der Waals surface area contributed by atoms with Gasteiger partial charge < -0.3 is 10.1 Å². The molecule has 7 heteroatoms. The summed E-state index contributed by atoms with van der Waals surface area (Å²) in [6.45, 7) is 0. The zero-order valence-electron chi connectivity index (χ0n) is 15.2. The van der Waals surface area contributed by atoms with Crippen molar-refractivity contribution < 1.29 is 17.9 Å². The number of hydrogen-bond donors (Lipinski definition) is 2. The van der Waals surface area contributed by atoms with Crippen LogP contribution in [0.2, 0.25) is 0 Å². The second kappa shape index (κ2) is 8.10. The molecule has 0 radical (unpaired) electrons. The number of carbonyl (C=O) groups is 1. The zero-order chi connectivity index (χ0) is 19.4. The number of ether oxygens (including phenoxy) is 1. The number of nitrogens with two attached hydrogens (primary N) is 1. The van der Waals surface area contributed by atoms with Gasteiger partial charge in [0.25, 0.3) is 0 Å². The maximum absolute atomic E-state index is 13.0. The fourth-order valence-electron chi connectivity index (χ4n) is 3.78. The van der Waals surface area contributed by atoms with Crippen LogP contribution in [0.1, 0.15) is 37.2 Å². The Hall–Kier alpha value is -2.38. The molecule has 0 bridgehead atoms. The van der Waals surface area contributed by atoms with Crippen molar-refractivity contribution in [3.8, 4) is 5.75 Å². The van der Waals surface area contributed by atoms with Crippen LogP contribution in [0.15, 0.2) is 53.4 Å². The summed E-state index contributed by atoms with van der Waals surface area (Å²) in [6.07, 6.45) is 3.74. The first-order valence-electron chi connectivity index (χ1n) is 8.97. The fraction of sp³-hybridized carbons (Fsp3) is 0.350. The minimum Gasteiger partial charge on any atom is -0.496 e. The number of anilines is 1. The van der Waals surface area contributed by atoms with Crippen LogP contribution < -0.4 is 15.2 Å². The van der Waals surface area contributed by atoms with Gasteiger partial charge in [0.2, 0.25) is 15.9 Å². The Morgan fingerprint density at radius 1 is 1.11 bits per heavy atom. The SMILES string of the molecule is COc1ccccc1C1CCCCC1C(=O)Nc1cccc(S(N)(=O)=O)c1. The van der Waals surface area contributed by atoms with E-state index >= 15 is 0 Å². The number of sulfonamides is 1. The molecule has 2 atom stereocenters. The molecule has 0 saturated heterocycles. The minimum absolute atomic E-state index is 0.0229. The second-order valence-electron chi connectivity index (χ2n) is 6.80. The van der Waals surface area contributed by atoms with E-state index in [0.29, 0.717) is 5.69 Å². The number of benzene rings is 2. The maximum atomic E-state index is 13.0. The number of nitrogens with one attached hydrogen (secondary N) is 1. The van der Waals surface area contributed by atoms with Crippen LogP contribution in [0.4, 0.5) is 5.69 Å². The highest BCUT2D eigenvalue weighted by molar-refractivity contribution is 7.89. The molecule has 2 aromatic carbocycles. The molecule has 1 saturated carbocycles. The molecule has 27 heavy (non-hydrogen) atoms. The quantitative estimate of drug-likeness (QED) is 0.821. The molecule has 1 aliphatic carbocycles. The second-order valence-corrected chi connectivity index (χ2v) is 8.36. The summed E-state index contributed by atoms with van der Waals surface area (Å²) in [6, 6.07) is 13.8. The number of methoxy groups -OCH3 is 1. The molecule has 0 spiro atoms. The van der Waals surface area contributed by atoms with Crippen LogP contribution in [0, 0.1) is 5.92 Å². The van der Waals surface area contributed by atoms with Gasteiger partial charge in [0.1, 0.15) is 5.75 Å². The summed E-state index contributed by atoms with van der Waals surface area (Å²) >= 11 is 0. The summed E-state index contributed by atoms with van der Waals surface area (Å²) in [5, 5.41) is 8.04. The smallest absolute Gasteiger partial charge is 0.238 e. The van der Waals surface area contributed by atoms with Crippen molar-refractivity contribution in [2.45, 2.75) is 36.5 Å². The number of carbonyl (C=O) groups excluding carboxylic acids is 1. The van der Waals surface area contributed by atoms with Crippen molar-refractivity contribution in [3.63, 3.8) is 0 Å². The van der Waals surface area contributed by atoms with Crippen LogP contribution in [-0.4, -0.2) is 21.4 Å². The third kappa shape index (κ3) is 4.48. The Labute approximate surface area is 159 Å². The van der Waals surface area contributed by atoms with Crippen LogP contribution in [0.25, 0.3) is 0 Å². The van der Waals surface area contributed by atoms with E-state index in [0.717, 1.165) is 37.0 Å². The molecule has 1 fully saturated rings. The van der Waals surface area contributed by atoms with Gasteiger partial charge in [-0.3, -0.25) is 4.79 Å². The summed E-state index contributed by atoms with van der Waals surface area (Å²) in [4.78, 5) is 13.0. The fourth-order valence-corrected chi connectivity index (χ4v) is 4.33. The van der Waals surface area contributed by atoms with Crippen molar-refractivity contribution in [2.75, 3.05) is 12.4 Å². The van der Waals surface area contributed by atoms with Crippen LogP contribution in [-0.2, 0) is 14.8 Å². The van der Waals surface area contributed by atoms with E-state index in [4.69, 9.17) is 9.88 Å². The summed E-state index contributed by atoms with van der Waals surface area (Å²) in [7, 11) is -2.18. The molecule has 2 unspecified atom stereocenters. The molecule has 3 N–H and O–H groups in total. The first-order chi connectivity index (χ1) is 12.9. The Balaban J connectivity index is 1.84. The van der Waals surface area contributed by atoms with E-state index < -0.39 is 10.0 Å². The summed E-state index contributed by atoms with van der Waals surface area (Å²) in [5.74, 6) is 0.542. The van der Waals surface area contributed by atoms with Crippen LogP contribution in [0.3, 0.4) is 0 Å². The van der Waals surface area contributed by atoms with Gasteiger partial charge in [-0.05, 0) is 48.6 Å². The molecule has 1 aliphatic rings. The number of primary sulfonamides is 1. The van der Waals surface area contributed by atoms with Gasteiger partial charge in [-0.15, -0.1) is 0 Å². The highest BCUT2D eigenvalue weighted by Crippen LogP contribution is 2.41. The molecule has 3 rings (SSSR count). The minimum atomic E-state index is -3.82. The molecule has 0 aliphatic heterocycles. The number of amides is 1. The van der Waals surface area contributed by atoms with Gasteiger partial charge in [0, 0.05) is 11.6 Å². The molecule has 144 valence electrons. The zero-order valence-corrected chi connectivity index (χ0v) is 16.0. The lowest BCUT2D eigenvalue weighted by Crippen LogP contribution is -2.31. The van der Waals surface area contributed by atoms with Gasteiger partial charge in [-0.2, -0.15) is 0 Å². The van der Waals surface area contributed by atoms with Gasteiger partial charge in [0.05, 0.1) is 12.0 Å². The van der Waals surface area contributed by atoms with Crippen molar-refractivity contribution in [3.05, 3.63) is 54.1 Å². The van der Waals surface area contributed by atoms with Crippen molar-refractivity contribution >= 4 is 21.6 Å². The van der Waals surface area contributed by atoms with Crippen LogP contribution >= 0.6 is 0 Å². The van der Waals surface area contributed by atoms with Gasteiger partial charge in [0.15, 0.2) is 0 Å². The number of para-hydroxylation sites is 1. The first-order valence-corrected chi connectivity index (χ1v) is 10.5.